The molecule has 1 aliphatic rings. The van der Waals surface area contributed by atoms with Crippen LogP contribution in [0, 0.1) is 6.92 Å². The van der Waals surface area contributed by atoms with Crippen LogP contribution in [0.2, 0.25) is 0 Å². The lowest BCUT2D eigenvalue weighted by atomic mass is 10.1. The number of benzene rings is 1. The summed E-state index contributed by atoms with van der Waals surface area (Å²) in [4.78, 5) is 37.5. The molecule has 1 atom stereocenters. The molecule has 0 radical (unpaired) electrons. The molecule has 0 bridgehead atoms. The zero-order chi connectivity index (χ0) is 19.6. The van der Waals surface area contributed by atoms with Crippen molar-refractivity contribution in [2.24, 2.45) is 0 Å². The number of carbonyl (C=O) groups is 3. The lowest BCUT2D eigenvalue weighted by Crippen LogP contribution is -2.31. The van der Waals surface area contributed by atoms with Gasteiger partial charge in [0.15, 0.2) is 6.10 Å². The van der Waals surface area contributed by atoms with Crippen LogP contribution in [0.5, 0.6) is 5.75 Å². The summed E-state index contributed by atoms with van der Waals surface area (Å²) in [5.41, 5.74) is 1.63. The third-order valence-corrected chi connectivity index (χ3v) is 5.44. The summed E-state index contributed by atoms with van der Waals surface area (Å²) in [6, 6.07) is 7.45. The standard InChI is InChI=1S/C19H20N2O5S/c1-4-25-19(24)14-10(2)15(17(23)20-3)27-18(14)21-16(22)13-9-11-7-5-6-8-12(11)26-13/h5-8,13H,4,9H2,1-3H3,(H,20,23)(H,21,22)/t13-/m1/s1. The van der Waals surface area contributed by atoms with Crippen LogP contribution >= 0.6 is 11.3 Å². The summed E-state index contributed by atoms with van der Waals surface area (Å²) in [6.45, 7) is 3.55. The zero-order valence-corrected chi connectivity index (χ0v) is 16.1. The number of nitrogens with one attached hydrogen (secondary N) is 2. The Balaban J connectivity index is 1.86. The summed E-state index contributed by atoms with van der Waals surface area (Å²) in [5, 5.41) is 5.56. The van der Waals surface area contributed by atoms with Gasteiger partial charge < -0.3 is 20.1 Å². The van der Waals surface area contributed by atoms with Crippen LogP contribution in [0.25, 0.3) is 0 Å². The topological polar surface area (TPSA) is 93.7 Å². The molecule has 1 aromatic carbocycles. The molecule has 0 spiro atoms. The fourth-order valence-electron chi connectivity index (χ4n) is 2.90. The second-order valence-corrected chi connectivity index (χ2v) is 6.99. The van der Waals surface area contributed by atoms with Gasteiger partial charge in [0, 0.05) is 13.5 Å². The number of carbonyl (C=O) groups excluding carboxylic acids is 3. The highest BCUT2D eigenvalue weighted by molar-refractivity contribution is 7.18. The Morgan fingerprint density at radius 2 is 2.04 bits per heavy atom. The van der Waals surface area contributed by atoms with Crippen molar-refractivity contribution in [1.82, 2.24) is 5.32 Å². The number of hydrogen-bond acceptors (Lipinski definition) is 6. The SMILES string of the molecule is CCOC(=O)c1c(NC(=O)[C@H]2Cc3ccccc3O2)sc(C(=O)NC)c1C. The number of rotatable bonds is 5. The predicted molar refractivity (Wildman–Crippen MR) is 102 cm³/mol. The van der Waals surface area contributed by atoms with Crippen molar-refractivity contribution in [3.05, 3.63) is 45.8 Å². The van der Waals surface area contributed by atoms with Gasteiger partial charge in [-0.25, -0.2) is 4.79 Å². The number of amides is 2. The van der Waals surface area contributed by atoms with Gasteiger partial charge in [-0.05, 0) is 31.0 Å². The average Bonchev–Trinajstić information content (AvgIpc) is 3.22. The molecule has 8 heteroatoms. The molecule has 0 unspecified atom stereocenters. The lowest BCUT2D eigenvalue weighted by Gasteiger charge is -2.11. The van der Waals surface area contributed by atoms with Crippen LogP contribution < -0.4 is 15.4 Å². The minimum atomic E-state index is -0.691. The van der Waals surface area contributed by atoms with Crippen molar-refractivity contribution in [3.63, 3.8) is 0 Å². The summed E-state index contributed by atoms with van der Waals surface area (Å²) in [5.74, 6) is -0.599. The Morgan fingerprint density at radius 3 is 2.70 bits per heavy atom. The van der Waals surface area contributed by atoms with Gasteiger partial charge in [-0.1, -0.05) is 18.2 Å². The van der Waals surface area contributed by atoms with Crippen molar-refractivity contribution in [2.45, 2.75) is 26.4 Å². The normalized spacial score (nSPS) is 14.9. The van der Waals surface area contributed by atoms with E-state index in [0.29, 0.717) is 22.6 Å². The van der Waals surface area contributed by atoms with E-state index in [2.05, 4.69) is 10.6 Å². The van der Waals surface area contributed by atoms with Crippen LogP contribution in [0.3, 0.4) is 0 Å². The van der Waals surface area contributed by atoms with Gasteiger partial charge in [0.2, 0.25) is 0 Å². The molecule has 1 aliphatic heterocycles. The van der Waals surface area contributed by atoms with E-state index in [-0.39, 0.29) is 29.0 Å². The number of para-hydroxylation sites is 1. The number of ether oxygens (including phenoxy) is 2. The fourth-order valence-corrected chi connectivity index (χ4v) is 4.05. The third kappa shape index (κ3) is 3.66. The van der Waals surface area contributed by atoms with Gasteiger partial charge in [-0.2, -0.15) is 0 Å². The van der Waals surface area contributed by atoms with Crippen LogP contribution in [-0.2, 0) is 16.0 Å². The number of thiophene rings is 1. The molecule has 2 aromatic rings. The van der Waals surface area contributed by atoms with Crippen LogP contribution in [0.1, 0.15) is 38.1 Å². The van der Waals surface area contributed by atoms with E-state index in [9.17, 15) is 14.4 Å². The maximum atomic E-state index is 12.7. The summed E-state index contributed by atoms with van der Waals surface area (Å²) in [7, 11) is 1.51. The highest BCUT2D eigenvalue weighted by Gasteiger charge is 2.32. The highest BCUT2D eigenvalue weighted by Crippen LogP contribution is 2.35. The van der Waals surface area contributed by atoms with Crippen LogP contribution in [-0.4, -0.2) is 37.5 Å². The smallest absolute Gasteiger partial charge is 0.341 e. The van der Waals surface area contributed by atoms with E-state index in [1.54, 1.807) is 13.8 Å². The highest BCUT2D eigenvalue weighted by atomic mass is 32.1. The summed E-state index contributed by atoms with van der Waals surface area (Å²) < 4.78 is 10.8. The monoisotopic (exact) mass is 388 g/mol. The first-order valence-corrected chi connectivity index (χ1v) is 9.35. The van der Waals surface area contributed by atoms with Gasteiger partial charge in [-0.15, -0.1) is 11.3 Å². The van der Waals surface area contributed by atoms with E-state index < -0.39 is 12.1 Å². The van der Waals surface area contributed by atoms with Gasteiger partial charge in [-0.3, -0.25) is 9.59 Å². The molecule has 2 heterocycles. The molecule has 0 saturated heterocycles. The predicted octanol–water partition coefficient (Wildman–Crippen LogP) is 2.54. The van der Waals surface area contributed by atoms with Crippen LogP contribution in [0.15, 0.2) is 24.3 Å². The number of esters is 1. The van der Waals surface area contributed by atoms with E-state index in [1.807, 2.05) is 24.3 Å². The molecule has 3 rings (SSSR count). The molecule has 27 heavy (non-hydrogen) atoms. The number of fused-ring (bicyclic) bond motifs is 1. The lowest BCUT2D eigenvalue weighted by molar-refractivity contribution is -0.122. The first kappa shape index (κ1) is 18.9. The van der Waals surface area contributed by atoms with Crippen molar-refractivity contribution >= 4 is 34.1 Å². The second-order valence-electron chi connectivity index (χ2n) is 5.97. The Hall–Kier alpha value is -2.87. The molecule has 2 N–H and O–H groups in total. The molecule has 7 nitrogen and oxygen atoms in total. The van der Waals surface area contributed by atoms with Gasteiger partial charge >= 0.3 is 5.97 Å². The minimum absolute atomic E-state index is 0.192. The molecule has 0 fully saturated rings. The largest absolute Gasteiger partial charge is 0.480 e. The number of anilines is 1. The Kier molecular flexibility index (Phi) is 5.46. The minimum Gasteiger partial charge on any atom is -0.480 e. The molecular formula is C19H20N2O5S. The fraction of sp³-hybridized carbons (Fsp3) is 0.316. The summed E-state index contributed by atoms with van der Waals surface area (Å²) in [6.07, 6.45) is -0.244. The maximum Gasteiger partial charge on any atom is 0.341 e. The van der Waals surface area contributed by atoms with Gasteiger partial charge in [0.1, 0.15) is 10.8 Å². The molecule has 2 amide bonds. The molecule has 1 aromatic heterocycles. The maximum absolute atomic E-state index is 12.7. The van der Waals surface area contributed by atoms with E-state index >= 15 is 0 Å². The summed E-state index contributed by atoms with van der Waals surface area (Å²) >= 11 is 1.04. The van der Waals surface area contributed by atoms with Crippen molar-refractivity contribution < 1.29 is 23.9 Å². The van der Waals surface area contributed by atoms with Crippen molar-refractivity contribution in [3.8, 4) is 5.75 Å². The first-order chi connectivity index (χ1) is 13.0. The van der Waals surface area contributed by atoms with E-state index in [0.717, 1.165) is 16.9 Å². The van der Waals surface area contributed by atoms with Crippen LogP contribution in [0.4, 0.5) is 5.00 Å². The van der Waals surface area contributed by atoms with Crippen molar-refractivity contribution in [2.75, 3.05) is 19.0 Å². The van der Waals surface area contributed by atoms with E-state index in [1.165, 1.54) is 7.05 Å². The first-order valence-electron chi connectivity index (χ1n) is 8.54. The van der Waals surface area contributed by atoms with E-state index in [4.69, 9.17) is 9.47 Å². The molecular weight excluding hydrogens is 368 g/mol. The van der Waals surface area contributed by atoms with Gasteiger partial charge in [0.05, 0.1) is 17.0 Å². The van der Waals surface area contributed by atoms with Crippen molar-refractivity contribution in [1.29, 1.82) is 0 Å². The van der Waals surface area contributed by atoms with Gasteiger partial charge in [0.25, 0.3) is 11.8 Å². The average molecular weight is 388 g/mol. The molecule has 142 valence electrons. The Labute approximate surface area is 160 Å². The number of hydrogen-bond donors (Lipinski definition) is 2. The molecule has 0 saturated carbocycles. The Bertz CT molecular complexity index is 881. The Morgan fingerprint density at radius 1 is 1.30 bits per heavy atom. The third-order valence-electron chi connectivity index (χ3n) is 4.24. The second kappa shape index (κ2) is 7.79. The quantitative estimate of drug-likeness (QED) is 0.768. The molecule has 0 aliphatic carbocycles. The zero-order valence-electron chi connectivity index (χ0n) is 15.3.